The number of hydrogen-bond donors (Lipinski definition) is 1. The minimum absolute atomic E-state index is 0.134. The quantitative estimate of drug-likeness (QED) is 0.941. The summed E-state index contributed by atoms with van der Waals surface area (Å²) < 4.78 is 6.80. The molecule has 22 heavy (non-hydrogen) atoms. The third-order valence-electron chi connectivity index (χ3n) is 4.05. The largest absolute Gasteiger partial charge is 0.492 e. The van der Waals surface area contributed by atoms with Gasteiger partial charge in [-0.3, -0.25) is 4.79 Å². The van der Waals surface area contributed by atoms with Gasteiger partial charge < -0.3 is 15.0 Å². The average Bonchev–Trinajstić information content (AvgIpc) is 3.00. The number of piperidine rings is 1. The minimum Gasteiger partial charge on any atom is -0.492 e. The standard InChI is InChI=1S/C16H21N3O2S/c1-3-21-12-5-4-6-13-14(12)18-16(22-13)19-9-7-11(8-10-19)15(20)17-2/h4-6,11H,3,7-10H2,1-2H3,(H,17,20). The number of nitrogens with one attached hydrogen (secondary N) is 1. The molecule has 0 atom stereocenters. The molecule has 3 rings (SSSR count). The molecule has 0 radical (unpaired) electrons. The van der Waals surface area contributed by atoms with Gasteiger partial charge in [0.1, 0.15) is 11.3 Å². The number of amides is 1. The minimum atomic E-state index is 0.134. The van der Waals surface area contributed by atoms with E-state index in [9.17, 15) is 4.79 Å². The maximum absolute atomic E-state index is 11.7. The first kappa shape index (κ1) is 15.1. The monoisotopic (exact) mass is 319 g/mol. The van der Waals surface area contributed by atoms with Gasteiger partial charge in [0.15, 0.2) is 5.13 Å². The van der Waals surface area contributed by atoms with Crippen LogP contribution in [0.5, 0.6) is 5.75 Å². The molecule has 1 aliphatic heterocycles. The van der Waals surface area contributed by atoms with Crippen molar-refractivity contribution in [2.45, 2.75) is 19.8 Å². The summed E-state index contributed by atoms with van der Waals surface area (Å²) in [6, 6.07) is 6.05. The molecule has 1 N–H and O–H groups in total. The van der Waals surface area contributed by atoms with Crippen molar-refractivity contribution in [2.24, 2.45) is 5.92 Å². The number of ether oxygens (including phenoxy) is 1. The molecule has 1 saturated heterocycles. The predicted octanol–water partition coefficient (Wildman–Crippen LogP) is 2.66. The number of anilines is 1. The second-order valence-corrected chi connectivity index (χ2v) is 6.42. The molecule has 5 nitrogen and oxygen atoms in total. The van der Waals surface area contributed by atoms with Gasteiger partial charge in [0, 0.05) is 26.1 Å². The van der Waals surface area contributed by atoms with E-state index in [-0.39, 0.29) is 11.8 Å². The third kappa shape index (κ3) is 2.88. The number of thiazole rings is 1. The summed E-state index contributed by atoms with van der Waals surface area (Å²) in [4.78, 5) is 18.7. The lowest BCUT2D eigenvalue weighted by molar-refractivity contribution is -0.125. The zero-order chi connectivity index (χ0) is 15.5. The van der Waals surface area contributed by atoms with Crippen LogP contribution >= 0.6 is 11.3 Å². The number of nitrogens with zero attached hydrogens (tertiary/aromatic N) is 2. The van der Waals surface area contributed by atoms with Crippen LogP contribution in [0.15, 0.2) is 18.2 Å². The van der Waals surface area contributed by atoms with Gasteiger partial charge >= 0.3 is 0 Å². The second-order valence-electron chi connectivity index (χ2n) is 5.41. The highest BCUT2D eigenvalue weighted by Crippen LogP contribution is 2.35. The lowest BCUT2D eigenvalue weighted by Gasteiger charge is -2.30. The molecule has 0 unspecified atom stereocenters. The Morgan fingerprint density at radius 3 is 2.91 bits per heavy atom. The molecule has 2 heterocycles. The van der Waals surface area contributed by atoms with Crippen LogP contribution in [-0.2, 0) is 4.79 Å². The molecule has 2 aromatic rings. The highest BCUT2D eigenvalue weighted by molar-refractivity contribution is 7.22. The molecule has 1 fully saturated rings. The Morgan fingerprint density at radius 2 is 2.23 bits per heavy atom. The van der Waals surface area contributed by atoms with Crippen molar-refractivity contribution < 1.29 is 9.53 Å². The lowest BCUT2D eigenvalue weighted by Crippen LogP contribution is -2.39. The van der Waals surface area contributed by atoms with Gasteiger partial charge in [0.05, 0.1) is 11.3 Å². The molecule has 1 aromatic carbocycles. The number of fused-ring (bicyclic) bond motifs is 1. The van der Waals surface area contributed by atoms with Gasteiger partial charge in [-0.15, -0.1) is 0 Å². The SMILES string of the molecule is CCOc1cccc2sc(N3CCC(C(=O)NC)CC3)nc12. The lowest BCUT2D eigenvalue weighted by atomic mass is 9.96. The highest BCUT2D eigenvalue weighted by Gasteiger charge is 2.26. The third-order valence-corrected chi connectivity index (χ3v) is 5.13. The van der Waals surface area contributed by atoms with E-state index in [4.69, 9.17) is 9.72 Å². The van der Waals surface area contributed by atoms with Crippen LogP contribution in [0.4, 0.5) is 5.13 Å². The highest BCUT2D eigenvalue weighted by atomic mass is 32.1. The van der Waals surface area contributed by atoms with Crippen LogP contribution in [0.25, 0.3) is 10.2 Å². The Morgan fingerprint density at radius 1 is 1.45 bits per heavy atom. The Labute approximate surface area is 134 Å². The maximum Gasteiger partial charge on any atom is 0.222 e. The molecule has 1 amide bonds. The number of hydrogen-bond acceptors (Lipinski definition) is 5. The molecule has 0 bridgehead atoms. The molecule has 6 heteroatoms. The van der Waals surface area contributed by atoms with Gasteiger partial charge in [0.2, 0.25) is 5.91 Å². The molecule has 118 valence electrons. The van der Waals surface area contributed by atoms with Gasteiger partial charge in [-0.1, -0.05) is 17.4 Å². The van der Waals surface area contributed by atoms with Crippen LogP contribution in [0, 0.1) is 5.92 Å². The van der Waals surface area contributed by atoms with Crippen LogP contribution in [-0.4, -0.2) is 37.6 Å². The molecule has 0 saturated carbocycles. The number of rotatable bonds is 4. The Bertz CT molecular complexity index is 662. The maximum atomic E-state index is 11.7. The Hall–Kier alpha value is -1.82. The van der Waals surface area contributed by atoms with Crippen LogP contribution in [0.1, 0.15) is 19.8 Å². The number of carbonyl (C=O) groups excluding carboxylic acids is 1. The summed E-state index contributed by atoms with van der Waals surface area (Å²) >= 11 is 1.69. The molecular formula is C16H21N3O2S. The summed E-state index contributed by atoms with van der Waals surface area (Å²) in [6.45, 7) is 4.38. The topological polar surface area (TPSA) is 54.5 Å². The molecule has 1 aromatic heterocycles. The van der Waals surface area contributed by atoms with E-state index in [1.807, 2.05) is 19.1 Å². The number of para-hydroxylation sites is 1. The number of aromatic nitrogens is 1. The van der Waals surface area contributed by atoms with Crippen molar-refractivity contribution in [1.29, 1.82) is 0 Å². The van der Waals surface area contributed by atoms with E-state index in [1.165, 1.54) is 0 Å². The first-order valence-electron chi connectivity index (χ1n) is 7.71. The van der Waals surface area contributed by atoms with E-state index >= 15 is 0 Å². The van der Waals surface area contributed by atoms with Crippen molar-refractivity contribution >= 4 is 32.6 Å². The summed E-state index contributed by atoms with van der Waals surface area (Å²) in [5, 5.41) is 3.77. The van der Waals surface area contributed by atoms with E-state index in [1.54, 1.807) is 18.4 Å². The van der Waals surface area contributed by atoms with Gasteiger partial charge in [-0.05, 0) is 31.9 Å². The van der Waals surface area contributed by atoms with Crippen LogP contribution in [0.3, 0.4) is 0 Å². The summed E-state index contributed by atoms with van der Waals surface area (Å²) in [6.07, 6.45) is 1.77. The summed E-state index contributed by atoms with van der Waals surface area (Å²) in [5.74, 6) is 1.14. The Balaban J connectivity index is 1.77. The molecule has 0 spiro atoms. The van der Waals surface area contributed by atoms with Gasteiger partial charge in [-0.2, -0.15) is 0 Å². The molecule has 0 aliphatic carbocycles. The van der Waals surface area contributed by atoms with Crippen molar-refractivity contribution in [1.82, 2.24) is 10.3 Å². The fraction of sp³-hybridized carbons (Fsp3) is 0.500. The second kappa shape index (κ2) is 6.52. The van der Waals surface area contributed by atoms with Crippen molar-refractivity contribution in [2.75, 3.05) is 31.6 Å². The summed E-state index contributed by atoms with van der Waals surface area (Å²) in [7, 11) is 1.71. The average molecular weight is 319 g/mol. The van der Waals surface area contributed by atoms with Crippen molar-refractivity contribution in [3.05, 3.63) is 18.2 Å². The first-order valence-corrected chi connectivity index (χ1v) is 8.53. The van der Waals surface area contributed by atoms with Gasteiger partial charge in [0.25, 0.3) is 0 Å². The van der Waals surface area contributed by atoms with E-state index in [0.717, 1.165) is 47.0 Å². The zero-order valence-electron chi connectivity index (χ0n) is 13.0. The normalized spacial score (nSPS) is 16.0. The van der Waals surface area contributed by atoms with E-state index in [2.05, 4.69) is 16.3 Å². The predicted molar refractivity (Wildman–Crippen MR) is 89.8 cm³/mol. The van der Waals surface area contributed by atoms with E-state index in [0.29, 0.717) is 6.61 Å². The van der Waals surface area contributed by atoms with Gasteiger partial charge in [-0.25, -0.2) is 4.98 Å². The zero-order valence-corrected chi connectivity index (χ0v) is 13.8. The molecular weight excluding hydrogens is 298 g/mol. The number of benzene rings is 1. The fourth-order valence-corrected chi connectivity index (χ4v) is 3.89. The van der Waals surface area contributed by atoms with Crippen LogP contribution < -0.4 is 15.0 Å². The Kier molecular flexibility index (Phi) is 4.47. The molecule has 1 aliphatic rings. The fourth-order valence-electron chi connectivity index (χ4n) is 2.86. The van der Waals surface area contributed by atoms with Crippen molar-refractivity contribution in [3.8, 4) is 5.75 Å². The van der Waals surface area contributed by atoms with Crippen molar-refractivity contribution in [3.63, 3.8) is 0 Å². The smallest absolute Gasteiger partial charge is 0.222 e. The van der Waals surface area contributed by atoms with E-state index < -0.39 is 0 Å². The van der Waals surface area contributed by atoms with Crippen LogP contribution in [0.2, 0.25) is 0 Å². The first-order chi connectivity index (χ1) is 10.7. The summed E-state index contributed by atoms with van der Waals surface area (Å²) in [5.41, 5.74) is 0.942. The number of carbonyl (C=O) groups is 1.